The SMILES string of the molecule is CCN(CCO)C(C)c1cccc(N)c1. The second kappa shape index (κ2) is 5.73. The zero-order chi connectivity index (χ0) is 11.3. The molecule has 3 N–H and O–H groups in total. The fraction of sp³-hybridized carbons (Fsp3) is 0.500. The van der Waals surface area contributed by atoms with Crippen LogP contribution in [0.3, 0.4) is 0 Å². The van der Waals surface area contributed by atoms with E-state index in [9.17, 15) is 0 Å². The van der Waals surface area contributed by atoms with Crippen LogP contribution in [-0.2, 0) is 0 Å². The van der Waals surface area contributed by atoms with E-state index in [0.29, 0.717) is 12.6 Å². The molecule has 0 saturated heterocycles. The second-order valence-electron chi connectivity index (χ2n) is 3.70. The van der Waals surface area contributed by atoms with Crippen LogP contribution in [0.25, 0.3) is 0 Å². The summed E-state index contributed by atoms with van der Waals surface area (Å²) in [5, 5.41) is 8.95. The highest BCUT2D eigenvalue weighted by Gasteiger charge is 2.13. The maximum Gasteiger partial charge on any atom is 0.0558 e. The van der Waals surface area contributed by atoms with Crippen LogP contribution in [0, 0.1) is 0 Å². The summed E-state index contributed by atoms with van der Waals surface area (Å²) < 4.78 is 0. The summed E-state index contributed by atoms with van der Waals surface area (Å²) >= 11 is 0. The zero-order valence-electron chi connectivity index (χ0n) is 9.48. The van der Waals surface area contributed by atoms with Crippen LogP contribution in [0.4, 0.5) is 5.69 Å². The first kappa shape index (κ1) is 12.0. The third-order valence-electron chi connectivity index (χ3n) is 2.73. The van der Waals surface area contributed by atoms with Gasteiger partial charge in [0.15, 0.2) is 0 Å². The highest BCUT2D eigenvalue weighted by Crippen LogP contribution is 2.21. The zero-order valence-corrected chi connectivity index (χ0v) is 9.48. The van der Waals surface area contributed by atoms with E-state index in [2.05, 4.69) is 24.8 Å². The second-order valence-corrected chi connectivity index (χ2v) is 3.70. The molecule has 0 aliphatic carbocycles. The average molecular weight is 208 g/mol. The smallest absolute Gasteiger partial charge is 0.0558 e. The van der Waals surface area contributed by atoms with Crippen molar-refractivity contribution in [2.45, 2.75) is 19.9 Å². The summed E-state index contributed by atoms with van der Waals surface area (Å²) in [4.78, 5) is 2.22. The number of aliphatic hydroxyl groups excluding tert-OH is 1. The molecule has 0 radical (unpaired) electrons. The van der Waals surface area contributed by atoms with E-state index in [4.69, 9.17) is 10.8 Å². The maximum absolute atomic E-state index is 8.95. The van der Waals surface area contributed by atoms with Gasteiger partial charge in [0.25, 0.3) is 0 Å². The molecule has 15 heavy (non-hydrogen) atoms. The van der Waals surface area contributed by atoms with Gasteiger partial charge in [-0.25, -0.2) is 0 Å². The Labute approximate surface area is 91.5 Å². The van der Waals surface area contributed by atoms with Crippen molar-refractivity contribution < 1.29 is 5.11 Å². The molecule has 1 unspecified atom stereocenters. The van der Waals surface area contributed by atoms with E-state index in [-0.39, 0.29) is 6.61 Å². The summed E-state index contributed by atoms with van der Waals surface area (Å²) in [6, 6.07) is 8.21. The van der Waals surface area contributed by atoms with Crippen LogP contribution in [0.1, 0.15) is 25.5 Å². The van der Waals surface area contributed by atoms with Gasteiger partial charge >= 0.3 is 0 Å². The summed E-state index contributed by atoms with van der Waals surface area (Å²) in [5.74, 6) is 0. The molecule has 3 nitrogen and oxygen atoms in total. The van der Waals surface area contributed by atoms with Crippen molar-refractivity contribution in [1.82, 2.24) is 4.90 Å². The molecule has 0 saturated carbocycles. The van der Waals surface area contributed by atoms with E-state index >= 15 is 0 Å². The van der Waals surface area contributed by atoms with Gasteiger partial charge in [-0.3, -0.25) is 4.90 Å². The predicted octanol–water partition coefficient (Wildman–Crippen LogP) is 1.64. The Hall–Kier alpha value is -1.06. The Morgan fingerprint density at radius 1 is 1.47 bits per heavy atom. The lowest BCUT2D eigenvalue weighted by Gasteiger charge is -2.27. The van der Waals surface area contributed by atoms with Gasteiger partial charge in [-0.15, -0.1) is 0 Å². The van der Waals surface area contributed by atoms with Gasteiger partial charge in [0, 0.05) is 18.3 Å². The Morgan fingerprint density at radius 3 is 2.73 bits per heavy atom. The van der Waals surface area contributed by atoms with Crippen molar-refractivity contribution >= 4 is 5.69 Å². The highest BCUT2D eigenvalue weighted by molar-refractivity contribution is 5.41. The average Bonchev–Trinajstić information content (AvgIpc) is 2.25. The predicted molar refractivity (Wildman–Crippen MR) is 63.6 cm³/mol. The Balaban J connectivity index is 2.77. The monoisotopic (exact) mass is 208 g/mol. The Morgan fingerprint density at radius 2 is 2.20 bits per heavy atom. The first-order valence-corrected chi connectivity index (χ1v) is 5.39. The summed E-state index contributed by atoms with van der Waals surface area (Å²) in [6.07, 6.45) is 0. The molecule has 1 aromatic rings. The number of nitrogen functional groups attached to an aromatic ring is 1. The lowest BCUT2D eigenvalue weighted by Crippen LogP contribution is -2.29. The minimum Gasteiger partial charge on any atom is -0.399 e. The minimum atomic E-state index is 0.195. The molecular weight excluding hydrogens is 188 g/mol. The topological polar surface area (TPSA) is 49.5 Å². The minimum absolute atomic E-state index is 0.195. The van der Waals surface area contributed by atoms with Gasteiger partial charge in [0.2, 0.25) is 0 Å². The summed E-state index contributed by atoms with van der Waals surface area (Å²) in [7, 11) is 0. The van der Waals surface area contributed by atoms with Gasteiger partial charge < -0.3 is 10.8 Å². The van der Waals surface area contributed by atoms with Crippen molar-refractivity contribution in [2.75, 3.05) is 25.4 Å². The van der Waals surface area contributed by atoms with Crippen LogP contribution in [-0.4, -0.2) is 29.7 Å². The third-order valence-corrected chi connectivity index (χ3v) is 2.73. The summed E-state index contributed by atoms with van der Waals surface area (Å²) in [5.41, 5.74) is 7.73. The van der Waals surface area contributed by atoms with E-state index in [1.165, 1.54) is 5.56 Å². The molecule has 0 spiro atoms. The highest BCUT2D eigenvalue weighted by atomic mass is 16.3. The van der Waals surface area contributed by atoms with Crippen LogP contribution >= 0.6 is 0 Å². The van der Waals surface area contributed by atoms with E-state index in [1.54, 1.807) is 0 Å². The number of nitrogens with zero attached hydrogens (tertiary/aromatic N) is 1. The van der Waals surface area contributed by atoms with Gasteiger partial charge in [-0.05, 0) is 31.2 Å². The molecule has 0 aromatic heterocycles. The molecule has 1 atom stereocenters. The lowest BCUT2D eigenvalue weighted by atomic mass is 10.1. The molecule has 1 aromatic carbocycles. The van der Waals surface area contributed by atoms with Crippen molar-refractivity contribution in [1.29, 1.82) is 0 Å². The van der Waals surface area contributed by atoms with Crippen LogP contribution < -0.4 is 5.73 Å². The molecule has 0 heterocycles. The van der Waals surface area contributed by atoms with Crippen molar-refractivity contribution in [3.63, 3.8) is 0 Å². The van der Waals surface area contributed by atoms with Gasteiger partial charge in [0.1, 0.15) is 0 Å². The summed E-state index contributed by atoms with van der Waals surface area (Å²) in [6.45, 7) is 6.05. The number of rotatable bonds is 5. The van der Waals surface area contributed by atoms with E-state index in [0.717, 1.165) is 12.2 Å². The Kier molecular flexibility index (Phi) is 4.59. The molecule has 0 fully saturated rings. The first-order valence-electron chi connectivity index (χ1n) is 5.39. The van der Waals surface area contributed by atoms with Crippen LogP contribution in [0.15, 0.2) is 24.3 Å². The third kappa shape index (κ3) is 3.22. The van der Waals surface area contributed by atoms with Crippen LogP contribution in [0.5, 0.6) is 0 Å². The number of nitrogens with two attached hydrogens (primary N) is 1. The van der Waals surface area contributed by atoms with Gasteiger partial charge in [-0.1, -0.05) is 19.1 Å². The normalized spacial score (nSPS) is 13.1. The molecule has 0 bridgehead atoms. The van der Waals surface area contributed by atoms with Gasteiger partial charge in [-0.2, -0.15) is 0 Å². The molecular formula is C12H20N2O. The lowest BCUT2D eigenvalue weighted by molar-refractivity contribution is 0.165. The fourth-order valence-corrected chi connectivity index (χ4v) is 1.78. The number of benzene rings is 1. The largest absolute Gasteiger partial charge is 0.399 e. The van der Waals surface area contributed by atoms with Gasteiger partial charge in [0.05, 0.1) is 6.61 Å². The molecule has 0 aliphatic heterocycles. The van der Waals surface area contributed by atoms with Crippen LogP contribution in [0.2, 0.25) is 0 Å². The number of anilines is 1. The van der Waals surface area contributed by atoms with Crippen molar-refractivity contribution in [3.05, 3.63) is 29.8 Å². The van der Waals surface area contributed by atoms with E-state index in [1.807, 2.05) is 18.2 Å². The van der Waals surface area contributed by atoms with E-state index < -0.39 is 0 Å². The fourth-order valence-electron chi connectivity index (χ4n) is 1.78. The molecule has 0 amide bonds. The molecule has 3 heteroatoms. The van der Waals surface area contributed by atoms with Crippen molar-refractivity contribution in [3.8, 4) is 0 Å². The quantitative estimate of drug-likeness (QED) is 0.723. The van der Waals surface area contributed by atoms with Crippen molar-refractivity contribution in [2.24, 2.45) is 0 Å². The number of likely N-dealkylation sites (N-methyl/N-ethyl adjacent to an activating group) is 1. The Bertz CT molecular complexity index is 301. The number of hydrogen-bond acceptors (Lipinski definition) is 3. The maximum atomic E-state index is 8.95. The first-order chi connectivity index (χ1) is 7.19. The molecule has 1 rings (SSSR count). The number of aliphatic hydroxyl groups is 1. The standard InChI is InChI=1S/C12H20N2O/c1-3-14(7-8-15)10(2)11-5-4-6-12(13)9-11/h4-6,9-10,15H,3,7-8,13H2,1-2H3. The number of hydrogen-bond donors (Lipinski definition) is 2. The molecule has 84 valence electrons. The molecule has 0 aliphatic rings.